The summed E-state index contributed by atoms with van der Waals surface area (Å²) in [5.74, 6) is 6.09. The number of hydrogen-bond acceptors (Lipinski definition) is 4. The van der Waals surface area contributed by atoms with Crippen LogP contribution in [0.15, 0.2) is 47.4 Å². The van der Waals surface area contributed by atoms with E-state index in [1.165, 1.54) is 17.6 Å². The van der Waals surface area contributed by atoms with Crippen LogP contribution in [0.3, 0.4) is 0 Å². The highest BCUT2D eigenvalue weighted by atomic mass is 32.2. The van der Waals surface area contributed by atoms with E-state index in [2.05, 4.69) is 24.5 Å². The predicted molar refractivity (Wildman–Crippen MR) is 84.9 cm³/mol. The molecule has 3 N–H and O–H groups in total. The van der Waals surface area contributed by atoms with Crippen LogP contribution in [0.5, 0.6) is 5.75 Å². The quantitative estimate of drug-likeness (QED) is 0.487. The van der Waals surface area contributed by atoms with Gasteiger partial charge in [-0.2, -0.15) is 0 Å². The first-order chi connectivity index (χ1) is 10.2. The van der Waals surface area contributed by atoms with Gasteiger partial charge in [0.15, 0.2) is 11.6 Å². The van der Waals surface area contributed by atoms with Crippen molar-refractivity contribution in [1.82, 2.24) is 5.43 Å². The van der Waals surface area contributed by atoms with Crippen LogP contribution >= 0.6 is 11.8 Å². The predicted octanol–water partition coefficient (Wildman–Crippen LogP) is 3.44. The Bertz CT molecular complexity index is 607. The van der Waals surface area contributed by atoms with E-state index in [1.54, 1.807) is 30.0 Å². The van der Waals surface area contributed by atoms with Gasteiger partial charge >= 0.3 is 0 Å². The molecule has 112 valence electrons. The van der Waals surface area contributed by atoms with Gasteiger partial charge in [0, 0.05) is 16.2 Å². The fourth-order valence-electron chi connectivity index (χ4n) is 2.07. The Kier molecular flexibility index (Phi) is 5.61. The third kappa shape index (κ3) is 3.75. The van der Waals surface area contributed by atoms with Crippen LogP contribution < -0.4 is 16.0 Å². The highest BCUT2D eigenvalue weighted by Gasteiger charge is 2.18. The van der Waals surface area contributed by atoms with Crippen molar-refractivity contribution in [3.05, 3.63) is 59.4 Å². The zero-order valence-corrected chi connectivity index (χ0v) is 12.9. The number of hydrazine groups is 1. The highest BCUT2D eigenvalue weighted by Crippen LogP contribution is 2.30. The lowest BCUT2D eigenvalue weighted by molar-refractivity contribution is 0.381. The van der Waals surface area contributed by atoms with E-state index in [0.717, 1.165) is 0 Å². The van der Waals surface area contributed by atoms with Crippen molar-refractivity contribution in [2.45, 2.75) is 17.9 Å². The fraction of sp³-hybridized carbons (Fsp3) is 0.250. The molecule has 0 aliphatic carbocycles. The summed E-state index contributed by atoms with van der Waals surface area (Å²) in [6.07, 6.45) is 0. The van der Waals surface area contributed by atoms with Crippen molar-refractivity contribution in [3.63, 3.8) is 0 Å². The van der Waals surface area contributed by atoms with Crippen LogP contribution in [0.25, 0.3) is 0 Å². The molecular weight excluding hydrogens is 287 g/mol. The fourth-order valence-corrected chi connectivity index (χ4v) is 3.17. The van der Waals surface area contributed by atoms with E-state index in [-0.39, 0.29) is 17.6 Å². The highest BCUT2D eigenvalue weighted by molar-refractivity contribution is 7.99. The van der Waals surface area contributed by atoms with Gasteiger partial charge in [0.05, 0.1) is 13.2 Å². The lowest BCUT2D eigenvalue weighted by Gasteiger charge is -2.18. The van der Waals surface area contributed by atoms with Crippen molar-refractivity contribution in [3.8, 4) is 5.75 Å². The van der Waals surface area contributed by atoms with Crippen LogP contribution in [-0.4, -0.2) is 12.9 Å². The topological polar surface area (TPSA) is 47.3 Å². The van der Waals surface area contributed by atoms with Gasteiger partial charge < -0.3 is 4.74 Å². The molecule has 5 heteroatoms. The number of halogens is 1. The first kappa shape index (κ1) is 15.8. The Hall–Kier alpha value is -1.56. The first-order valence-electron chi connectivity index (χ1n) is 6.64. The lowest BCUT2D eigenvalue weighted by atomic mass is 10.1. The minimum atomic E-state index is -0.367. The van der Waals surface area contributed by atoms with Gasteiger partial charge in [0.2, 0.25) is 0 Å². The number of rotatable bonds is 6. The first-order valence-corrected chi connectivity index (χ1v) is 7.63. The molecule has 0 heterocycles. The molecule has 1 atom stereocenters. The summed E-state index contributed by atoms with van der Waals surface area (Å²) in [4.78, 5) is 1.17. The Balaban J connectivity index is 2.16. The van der Waals surface area contributed by atoms with E-state index < -0.39 is 0 Å². The summed E-state index contributed by atoms with van der Waals surface area (Å²) in [5.41, 5.74) is 4.39. The van der Waals surface area contributed by atoms with Gasteiger partial charge in [-0.1, -0.05) is 30.3 Å². The normalized spacial score (nSPS) is 12.2. The third-order valence-corrected chi connectivity index (χ3v) is 4.56. The van der Waals surface area contributed by atoms with Crippen LogP contribution in [0.1, 0.15) is 17.2 Å². The molecule has 0 bridgehead atoms. The number of thioether (sulfide) groups is 1. The summed E-state index contributed by atoms with van der Waals surface area (Å²) in [6, 6.07) is 12.9. The van der Waals surface area contributed by atoms with Crippen LogP contribution in [-0.2, 0) is 0 Å². The minimum absolute atomic E-state index is 0.230. The number of aryl methyl sites for hydroxylation is 1. The molecule has 3 nitrogen and oxygen atoms in total. The number of methoxy groups -OCH3 is 1. The molecule has 0 radical (unpaired) electrons. The van der Waals surface area contributed by atoms with Crippen LogP contribution in [0.4, 0.5) is 4.39 Å². The number of benzene rings is 2. The average Bonchev–Trinajstić information content (AvgIpc) is 2.51. The number of nitrogens with two attached hydrogens (primary N) is 1. The molecule has 2 rings (SSSR count). The van der Waals surface area contributed by atoms with E-state index in [1.807, 2.05) is 12.1 Å². The molecular formula is C16H19FN2OS. The summed E-state index contributed by atoms with van der Waals surface area (Å²) in [5, 5.41) is 0. The molecule has 21 heavy (non-hydrogen) atoms. The second kappa shape index (κ2) is 7.45. The summed E-state index contributed by atoms with van der Waals surface area (Å²) < 4.78 is 19.3. The number of ether oxygens (including phenoxy) is 1. The van der Waals surface area contributed by atoms with Crippen molar-refractivity contribution in [2.75, 3.05) is 12.9 Å². The number of hydrogen-bond donors (Lipinski definition) is 2. The molecule has 0 spiro atoms. The van der Waals surface area contributed by atoms with E-state index in [9.17, 15) is 4.39 Å². The molecule has 0 saturated carbocycles. The van der Waals surface area contributed by atoms with Crippen molar-refractivity contribution >= 4 is 11.8 Å². The van der Waals surface area contributed by atoms with Crippen molar-refractivity contribution in [1.29, 1.82) is 0 Å². The van der Waals surface area contributed by atoms with Gasteiger partial charge in [-0.3, -0.25) is 11.3 Å². The van der Waals surface area contributed by atoms with Gasteiger partial charge in [-0.15, -0.1) is 11.8 Å². The maximum atomic E-state index is 14.3. The molecule has 2 aromatic carbocycles. The average molecular weight is 306 g/mol. The van der Waals surface area contributed by atoms with E-state index >= 15 is 0 Å². The Morgan fingerprint density at radius 3 is 2.67 bits per heavy atom. The zero-order chi connectivity index (χ0) is 15.2. The smallest absolute Gasteiger partial charge is 0.169 e. The largest absolute Gasteiger partial charge is 0.494 e. The van der Waals surface area contributed by atoms with Gasteiger partial charge in [-0.05, 0) is 24.6 Å². The molecule has 0 fully saturated rings. The molecule has 0 aliphatic heterocycles. The molecule has 1 unspecified atom stereocenters. The second-order valence-corrected chi connectivity index (χ2v) is 5.72. The van der Waals surface area contributed by atoms with Crippen LogP contribution in [0, 0.1) is 12.7 Å². The monoisotopic (exact) mass is 306 g/mol. The second-order valence-electron chi connectivity index (χ2n) is 4.66. The molecule has 0 saturated heterocycles. The number of nitrogens with one attached hydrogen (secondary N) is 1. The summed E-state index contributed by atoms with van der Waals surface area (Å²) >= 11 is 1.65. The zero-order valence-electron chi connectivity index (χ0n) is 12.1. The van der Waals surface area contributed by atoms with E-state index in [0.29, 0.717) is 11.3 Å². The van der Waals surface area contributed by atoms with Gasteiger partial charge in [0.25, 0.3) is 0 Å². The van der Waals surface area contributed by atoms with Crippen LogP contribution in [0.2, 0.25) is 0 Å². The maximum Gasteiger partial charge on any atom is 0.169 e. The Morgan fingerprint density at radius 2 is 2.00 bits per heavy atom. The summed E-state index contributed by atoms with van der Waals surface area (Å²) in [6.45, 7) is 2.05. The van der Waals surface area contributed by atoms with Gasteiger partial charge in [-0.25, -0.2) is 4.39 Å². The summed E-state index contributed by atoms with van der Waals surface area (Å²) in [7, 11) is 1.45. The molecule has 2 aromatic rings. The Labute approximate surface area is 128 Å². The SMILES string of the molecule is COc1cccc(C(CSc2ccccc2C)NN)c1F. The molecule has 0 aromatic heterocycles. The minimum Gasteiger partial charge on any atom is -0.494 e. The van der Waals surface area contributed by atoms with Crippen molar-refractivity contribution in [2.24, 2.45) is 5.84 Å². The maximum absolute atomic E-state index is 14.3. The van der Waals surface area contributed by atoms with Crippen molar-refractivity contribution < 1.29 is 9.13 Å². The molecule has 0 amide bonds. The Morgan fingerprint density at radius 1 is 1.24 bits per heavy atom. The van der Waals surface area contributed by atoms with E-state index in [4.69, 9.17) is 10.6 Å². The standard InChI is InChI=1S/C16H19FN2OS/c1-11-6-3-4-9-15(11)21-10-13(19-18)12-7-5-8-14(20-2)16(12)17/h3-9,13,19H,10,18H2,1-2H3. The molecule has 0 aliphatic rings. The lowest BCUT2D eigenvalue weighted by Crippen LogP contribution is -2.30. The van der Waals surface area contributed by atoms with Gasteiger partial charge in [0.1, 0.15) is 0 Å². The third-order valence-electron chi connectivity index (χ3n) is 3.29.